The van der Waals surface area contributed by atoms with Gasteiger partial charge in [0.05, 0.1) is 23.3 Å². The van der Waals surface area contributed by atoms with E-state index >= 15 is 0 Å². The molecule has 35 heavy (non-hydrogen) atoms. The summed E-state index contributed by atoms with van der Waals surface area (Å²) in [6, 6.07) is 20.3. The van der Waals surface area contributed by atoms with Gasteiger partial charge in [-0.15, -0.1) is 11.8 Å². The number of sulfonamides is 1. The summed E-state index contributed by atoms with van der Waals surface area (Å²) < 4.78 is 39.9. The van der Waals surface area contributed by atoms with Gasteiger partial charge in [0.1, 0.15) is 18.0 Å². The maximum absolute atomic E-state index is 13.7. The summed E-state index contributed by atoms with van der Waals surface area (Å²) in [6.07, 6.45) is 1.90. The van der Waals surface area contributed by atoms with Crippen molar-refractivity contribution in [3.8, 4) is 11.5 Å². The maximum Gasteiger partial charge on any atom is 0.264 e. The first-order valence-corrected chi connectivity index (χ1v) is 13.9. The van der Waals surface area contributed by atoms with Crippen LogP contribution >= 0.6 is 11.8 Å². The van der Waals surface area contributed by atoms with E-state index in [0.717, 1.165) is 9.20 Å². The van der Waals surface area contributed by atoms with Crippen LogP contribution in [0, 0.1) is 0 Å². The molecule has 0 aliphatic heterocycles. The van der Waals surface area contributed by atoms with E-state index in [4.69, 9.17) is 9.47 Å². The Kier molecular flexibility index (Phi) is 9.06. The molecule has 3 rings (SSSR count). The highest BCUT2D eigenvalue weighted by molar-refractivity contribution is 7.98. The van der Waals surface area contributed by atoms with Gasteiger partial charge in [-0.2, -0.15) is 0 Å². The van der Waals surface area contributed by atoms with Crippen LogP contribution in [-0.2, 0) is 14.8 Å². The molecule has 0 fully saturated rings. The number of carbonyl (C=O) groups excluding carboxylic acids is 1. The number of para-hydroxylation sites is 2. The predicted molar refractivity (Wildman–Crippen MR) is 141 cm³/mol. The zero-order valence-electron chi connectivity index (χ0n) is 20.2. The first-order chi connectivity index (χ1) is 16.7. The SMILES string of the molecule is CCOc1ccccc1N(CC(=O)Nc1cccc(OC(C)C)c1)S(=O)(=O)c1ccc(SC)cc1. The molecule has 0 heterocycles. The molecule has 7 nitrogen and oxygen atoms in total. The number of thioether (sulfide) groups is 1. The van der Waals surface area contributed by atoms with Crippen molar-refractivity contribution in [2.75, 3.05) is 29.0 Å². The lowest BCUT2D eigenvalue weighted by molar-refractivity contribution is -0.114. The normalized spacial score (nSPS) is 11.2. The average molecular weight is 515 g/mol. The number of amides is 1. The van der Waals surface area contributed by atoms with E-state index in [1.54, 1.807) is 72.8 Å². The molecule has 3 aromatic rings. The number of carbonyl (C=O) groups is 1. The van der Waals surface area contributed by atoms with Crippen LogP contribution in [-0.4, -0.2) is 39.8 Å². The highest BCUT2D eigenvalue weighted by Crippen LogP contribution is 2.33. The predicted octanol–water partition coefficient (Wildman–Crippen LogP) is 5.43. The van der Waals surface area contributed by atoms with Crippen LogP contribution in [0.2, 0.25) is 0 Å². The monoisotopic (exact) mass is 514 g/mol. The Hall–Kier alpha value is -3.17. The smallest absolute Gasteiger partial charge is 0.264 e. The van der Waals surface area contributed by atoms with Crippen LogP contribution < -0.4 is 19.1 Å². The molecule has 9 heteroatoms. The molecule has 1 amide bonds. The minimum absolute atomic E-state index is 0.0193. The van der Waals surface area contributed by atoms with Crippen LogP contribution in [0.1, 0.15) is 20.8 Å². The zero-order chi connectivity index (χ0) is 25.4. The number of hydrogen-bond acceptors (Lipinski definition) is 6. The van der Waals surface area contributed by atoms with E-state index in [2.05, 4.69) is 5.32 Å². The Morgan fingerprint density at radius 3 is 2.40 bits per heavy atom. The summed E-state index contributed by atoms with van der Waals surface area (Å²) in [5.74, 6) is 0.486. The lowest BCUT2D eigenvalue weighted by Crippen LogP contribution is -2.38. The molecule has 0 bridgehead atoms. The summed E-state index contributed by atoms with van der Waals surface area (Å²) in [6.45, 7) is 5.55. The number of hydrogen-bond donors (Lipinski definition) is 1. The highest BCUT2D eigenvalue weighted by atomic mass is 32.2. The highest BCUT2D eigenvalue weighted by Gasteiger charge is 2.29. The fraction of sp³-hybridized carbons (Fsp3) is 0.269. The van der Waals surface area contributed by atoms with Crippen LogP contribution in [0.3, 0.4) is 0 Å². The largest absolute Gasteiger partial charge is 0.492 e. The molecule has 3 aromatic carbocycles. The van der Waals surface area contributed by atoms with Gasteiger partial charge in [-0.1, -0.05) is 18.2 Å². The van der Waals surface area contributed by atoms with Gasteiger partial charge in [-0.25, -0.2) is 8.42 Å². The van der Waals surface area contributed by atoms with E-state index in [1.807, 2.05) is 27.0 Å². The number of nitrogens with zero attached hydrogens (tertiary/aromatic N) is 1. The van der Waals surface area contributed by atoms with Gasteiger partial charge in [-0.3, -0.25) is 9.10 Å². The first-order valence-electron chi connectivity index (χ1n) is 11.2. The minimum atomic E-state index is -4.07. The van der Waals surface area contributed by atoms with Crippen molar-refractivity contribution >= 4 is 39.1 Å². The molecule has 0 atom stereocenters. The Bertz CT molecular complexity index is 1240. The van der Waals surface area contributed by atoms with Gasteiger partial charge < -0.3 is 14.8 Å². The van der Waals surface area contributed by atoms with Crippen molar-refractivity contribution in [3.05, 3.63) is 72.8 Å². The number of nitrogens with one attached hydrogen (secondary N) is 1. The van der Waals surface area contributed by atoms with E-state index in [9.17, 15) is 13.2 Å². The van der Waals surface area contributed by atoms with Crippen molar-refractivity contribution in [2.24, 2.45) is 0 Å². The fourth-order valence-electron chi connectivity index (χ4n) is 3.37. The first kappa shape index (κ1) is 26.4. The molecule has 0 aliphatic rings. The van der Waals surface area contributed by atoms with Crippen molar-refractivity contribution in [1.82, 2.24) is 0 Å². The second-order valence-electron chi connectivity index (χ2n) is 7.83. The Balaban J connectivity index is 1.95. The third-order valence-electron chi connectivity index (χ3n) is 4.86. The summed E-state index contributed by atoms with van der Waals surface area (Å²) in [7, 11) is -4.07. The maximum atomic E-state index is 13.7. The number of anilines is 2. The van der Waals surface area contributed by atoms with Crippen LogP contribution in [0.4, 0.5) is 11.4 Å². The van der Waals surface area contributed by atoms with Crippen molar-refractivity contribution in [3.63, 3.8) is 0 Å². The number of rotatable bonds is 11. The third kappa shape index (κ3) is 6.93. The van der Waals surface area contributed by atoms with Crippen molar-refractivity contribution in [2.45, 2.75) is 36.7 Å². The average Bonchev–Trinajstić information content (AvgIpc) is 2.83. The minimum Gasteiger partial charge on any atom is -0.492 e. The Morgan fingerprint density at radius 2 is 1.74 bits per heavy atom. The van der Waals surface area contributed by atoms with E-state index in [0.29, 0.717) is 23.8 Å². The number of benzene rings is 3. The summed E-state index contributed by atoms with van der Waals surface area (Å²) >= 11 is 1.52. The molecular weight excluding hydrogens is 484 g/mol. The summed E-state index contributed by atoms with van der Waals surface area (Å²) in [5.41, 5.74) is 0.795. The number of ether oxygens (including phenoxy) is 2. The van der Waals surface area contributed by atoms with Gasteiger partial charge >= 0.3 is 0 Å². The summed E-state index contributed by atoms with van der Waals surface area (Å²) in [5, 5.41) is 2.78. The molecule has 0 radical (unpaired) electrons. The van der Waals surface area contributed by atoms with Crippen LogP contribution in [0.5, 0.6) is 11.5 Å². The van der Waals surface area contributed by atoms with Crippen LogP contribution in [0.15, 0.2) is 82.6 Å². The molecule has 1 N–H and O–H groups in total. The third-order valence-corrected chi connectivity index (χ3v) is 7.38. The fourth-order valence-corrected chi connectivity index (χ4v) is 5.21. The standard InChI is InChI=1S/C26H30N2O5S2/c1-5-32-25-12-7-6-11-24(25)28(35(30,31)23-15-13-22(34-4)14-16-23)18-26(29)27-20-9-8-10-21(17-20)33-19(2)3/h6-17,19H,5,18H2,1-4H3,(H,27,29). The summed E-state index contributed by atoms with van der Waals surface area (Å²) in [4.78, 5) is 14.1. The van der Waals surface area contributed by atoms with E-state index < -0.39 is 22.5 Å². The molecule has 0 aromatic heterocycles. The van der Waals surface area contributed by atoms with Crippen molar-refractivity contribution in [1.29, 1.82) is 0 Å². The molecule has 0 spiro atoms. The second-order valence-corrected chi connectivity index (χ2v) is 10.6. The molecule has 0 saturated heterocycles. The second kappa shape index (κ2) is 12.0. The molecule has 186 valence electrons. The lowest BCUT2D eigenvalue weighted by Gasteiger charge is -2.26. The van der Waals surface area contributed by atoms with Gasteiger partial charge in [-0.05, 0) is 75.6 Å². The van der Waals surface area contributed by atoms with Gasteiger partial charge in [0.15, 0.2) is 0 Å². The van der Waals surface area contributed by atoms with Gasteiger partial charge in [0.2, 0.25) is 5.91 Å². The van der Waals surface area contributed by atoms with Crippen LogP contribution in [0.25, 0.3) is 0 Å². The Labute approximate surface area is 211 Å². The van der Waals surface area contributed by atoms with E-state index in [-0.39, 0.29) is 16.7 Å². The molecule has 0 unspecified atom stereocenters. The lowest BCUT2D eigenvalue weighted by atomic mass is 10.2. The topological polar surface area (TPSA) is 84.9 Å². The molecule has 0 saturated carbocycles. The quantitative estimate of drug-likeness (QED) is 0.344. The van der Waals surface area contributed by atoms with Crippen molar-refractivity contribution < 1.29 is 22.7 Å². The van der Waals surface area contributed by atoms with Gasteiger partial charge in [0.25, 0.3) is 10.0 Å². The van der Waals surface area contributed by atoms with Gasteiger partial charge in [0, 0.05) is 16.6 Å². The zero-order valence-corrected chi connectivity index (χ0v) is 21.9. The van der Waals surface area contributed by atoms with E-state index in [1.165, 1.54) is 11.8 Å². The molecule has 0 aliphatic carbocycles. The molecular formula is C26H30N2O5S2. The Morgan fingerprint density at radius 1 is 1.03 bits per heavy atom.